The van der Waals surface area contributed by atoms with E-state index in [0.29, 0.717) is 6.42 Å². The fourth-order valence-corrected chi connectivity index (χ4v) is 1.70. The molecule has 1 atom stereocenters. The first-order valence-electron chi connectivity index (χ1n) is 6.12. The zero-order chi connectivity index (χ0) is 15.1. The van der Waals surface area contributed by atoms with Crippen LogP contribution in [-0.2, 0) is 9.53 Å². The van der Waals surface area contributed by atoms with Crippen molar-refractivity contribution in [1.29, 1.82) is 0 Å². The molecule has 0 spiro atoms. The van der Waals surface area contributed by atoms with Crippen LogP contribution in [0.1, 0.15) is 12.0 Å². The molecule has 20 heavy (non-hydrogen) atoms. The summed E-state index contributed by atoms with van der Waals surface area (Å²) in [7, 11) is 2.94. The number of esters is 1. The van der Waals surface area contributed by atoms with Crippen LogP contribution in [-0.4, -0.2) is 37.7 Å². The van der Waals surface area contributed by atoms with Crippen LogP contribution in [0.25, 0.3) is 0 Å². The van der Waals surface area contributed by atoms with Crippen molar-refractivity contribution in [2.45, 2.75) is 19.4 Å². The molecule has 0 saturated heterocycles. The molecule has 0 radical (unpaired) electrons. The Bertz CT molecular complexity index is 490. The molecule has 0 amide bonds. The quantitative estimate of drug-likeness (QED) is 0.462. The first-order valence-corrected chi connectivity index (χ1v) is 6.12. The van der Waals surface area contributed by atoms with Gasteiger partial charge in [0.15, 0.2) is 5.75 Å². The van der Waals surface area contributed by atoms with E-state index in [-0.39, 0.29) is 18.0 Å². The van der Waals surface area contributed by atoms with Gasteiger partial charge in [0.25, 0.3) is 0 Å². The topological polar surface area (TPSA) is 90.7 Å². The second kappa shape index (κ2) is 7.44. The monoisotopic (exact) mass is 282 g/mol. The van der Waals surface area contributed by atoms with Crippen molar-refractivity contribution in [2.75, 3.05) is 20.8 Å². The zero-order valence-electron chi connectivity index (χ0n) is 11.7. The van der Waals surface area contributed by atoms with Crippen molar-refractivity contribution in [3.63, 3.8) is 0 Å². The number of nitro groups is 1. The number of ether oxygens (including phenoxy) is 2. The lowest BCUT2D eigenvalue weighted by atomic mass is 10.2. The second-order valence-corrected chi connectivity index (χ2v) is 4.23. The molecular formula is C13H18N2O5. The smallest absolute Gasteiger partial charge is 0.322 e. The van der Waals surface area contributed by atoms with Crippen LogP contribution in [0.4, 0.5) is 5.69 Å². The molecule has 1 N–H and O–H groups in total. The number of aryl methyl sites for hydroxylation is 1. The van der Waals surface area contributed by atoms with Gasteiger partial charge in [-0.25, -0.2) is 0 Å². The van der Waals surface area contributed by atoms with E-state index < -0.39 is 16.9 Å². The SMILES string of the molecule is CNC(CCOc1cc(C)ccc1[N+](=O)[O-])C(=O)OC. The van der Waals surface area contributed by atoms with Crippen LogP contribution in [0, 0.1) is 17.0 Å². The lowest BCUT2D eigenvalue weighted by molar-refractivity contribution is -0.385. The Balaban J connectivity index is 2.68. The van der Waals surface area contributed by atoms with E-state index in [2.05, 4.69) is 10.1 Å². The predicted octanol–water partition coefficient (Wildman–Crippen LogP) is 1.43. The third-order valence-electron chi connectivity index (χ3n) is 2.81. The van der Waals surface area contributed by atoms with Gasteiger partial charge in [-0.1, -0.05) is 6.07 Å². The number of hydrogen-bond donors (Lipinski definition) is 1. The molecule has 110 valence electrons. The summed E-state index contributed by atoms with van der Waals surface area (Å²) in [5.41, 5.74) is 0.776. The molecule has 7 nitrogen and oxygen atoms in total. The number of nitrogens with zero attached hydrogens (tertiary/aromatic N) is 1. The number of likely N-dealkylation sites (N-methyl/N-ethyl adjacent to an activating group) is 1. The Kier molecular flexibility index (Phi) is 5.92. The summed E-state index contributed by atoms with van der Waals surface area (Å²) < 4.78 is 10.0. The maximum atomic E-state index is 11.4. The Labute approximate surface area is 117 Å². The van der Waals surface area contributed by atoms with Gasteiger partial charge in [0.1, 0.15) is 6.04 Å². The van der Waals surface area contributed by atoms with E-state index in [4.69, 9.17) is 4.74 Å². The molecule has 7 heteroatoms. The van der Waals surface area contributed by atoms with E-state index in [0.717, 1.165) is 5.56 Å². The molecule has 0 bridgehead atoms. The Morgan fingerprint density at radius 1 is 1.50 bits per heavy atom. The standard InChI is InChI=1S/C13H18N2O5/c1-9-4-5-11(15(17)18)12(8-9)20-7-6-10(14-2)13(16)19-3/h4-5,8,10,14H,6-7H2,1-3H3. The van der Waals surface area contributed by atoms with Gasteiger partial charge in [0.05, 0.1) is 18.6 Å². The maximum absolute atomic E-state index is 11.4. The zero-order valence-corrected chi connectivity index (χ0v) is 11.7. The molecule has 1 aromatic rings. The molecule has 0 aromatic heterocycles. The molecule has 0 aliphatic carbocycles. The minimum absolute atomic E-state index is 0.0883. The number of nitrogens with one attached hydrogen (secondary N) is 1. The minimum atomic E-state index is -0.496. The van der Waals surface area contributed by atoms with Crippen LogP contribution in [0.5, 0.6) is 5.75 Å². The number of carbonyl (C=O) groups excluding carboxylic acids is 1. The summed E-state index contributed by atoms with van der Waals surface area (Å²) in [6, 6.07) is 4.16. The molecule has 0 saturated carbocycles. The van der Waals surface area contributed by atoms with Gasteiger partial charge in [-0.3, -0.25) is 14.9 Å². The highest BCUT2D eigenvalue weighted by molar-refractivity contribution is 5.75. The van der Waals surface area contributed by atoms with E-state index in [1.54, 1.807) is 19.2 Å². The van der Waals surface area contributed by atoms with Crippen molar-refractivity contribution in [1.82, 2.24) is 5.32 Å². The third kappa shape index (κ3) is 4.20. The van der Waals surface area contributed by atoms with Gasteiger partial charge in [-0.2, -0.15) is 0 Å². The lowest BCUT2D eigenvalue weighted by Crippen LogP contribution is -2.36. The molecule has 1 rings (SSSR count). The summed E-state index contributed by atoms with van der Waals surface area (Å²) in [5, 5.41) is 13.7. The summed E-state index contributed by atoms with van der Waals surface area (Å²) in [4.78, 5) is 21.8. The van der Waals surface area contributed by atoms with Gasteiger partial charge in [0, 0.05) is 12.5 Å². The molecule has 1 unspecified atom stereocenters. The van der Waals surface area contributed by atoms with Gasteiger partial charge < -0.3 is 14.8 Å². The highest BCUT2D eigenvalue weighted by Crippen LogP contribution is 2.27. The average Bonchev–Trinajstić information content (AvgIpc) is 2.42. The van der Waals surface area contributed by atoms with Crippen molar-refractivity contribution < 1.29 is 19.2 Å². The first kappa shape index (κ1) is 15.9. The molecule has 0 aliphatic rings. The fraction of sp³-hybridized carbons (Fsp3) is 0.462. The number of rotatable bonds is 7. The van der Waals surface area contributed by atoms with Crippen molar-refractivity contribution >= 4 is 11.7 Å². The fourth-order valence-electron chi connectivity index (χ4n) is 1.70. The normalized spacial score (nSPS) is 11.8. The number of hydrogen-bond acceptors (Lipinski definition) is 6. The molecule has 0 fully saturated rings. The highest BCUT2D eigenvalue weighted by Gasteiger charge is 2.19. The lowest BCUT2D eigenvalue weighted by Gasteiger charge is -2.14. The molecule has 0 heterocycles. The van der Waals surface area contributed by atoms with Crippen LogP contribution in [0.2, 0.25) is 0 Å². The van der Waals surface area contributed by atoms with Crippen molar-refractivity contribution in [3.05, 3.63) is 33.9 Å². The van der Waals surface area contributed by atoms with Crippen LogP contribution in [0.15, 0.2) is 18.2 Å². The summed E-state index contributed by atoms with van der Waals surface area (Å²) in [5.74, 6) is -0.190. The van der Waals surface area contributed by atoms with E-state index in [1.807, 2.05) is 6.92 Å². The summed E-state index contributed by atoms with van der Waals surface area (Å²) in [6.07, 6.45) is 0.355. The van der Waals surface area contributed by atoms with E-state index >= 15 is 0 Å². The molecule has 1 aromatic carbocycles. The largest absolute Gasteiger partial charge is 0.487 e. The van der Waals surface area contributed by atoms with Gasteiger partial charge in [-0.15, -0.1) is 0 Å². The number of nitro benzene ring substituents is 1. The van der Waals surface area contributed by atoms with Crippen LogP contribution >= 0.6 is 0 Å². The van der Waals surface area contributed by atoms with Gasteiger partial charge in [-0.05, 0) is 25.6 Å². The predicted molar refractivity (Wildman–Crippen MR) is 72.8 cm³/mol. The Morgan fingerprint density at radius 2 is 2.20 bits per heavy atom. The van der Waals surface area contributed by atoms with Crippen molar-refractivity contribution in [2.24, 2.45) is 0 Å². The van der Waals surface area contributed by atoms with Crippen LogP contribution < -0.4 is 10.1 Å². The molecule has 0 aliphatic heterocycles. The second-order valence-electron chi connectivity index (χ2n) is 4.23. The summed E-state index contributed by atoms with van der Waals surface area (Å²) in [6.45, 7) is 1.99. The Hall–Kier alpha value is -2.15. The minimum Gasteiger partial charge on any atom is -0.487 e. The number of methoxy groups -OCH3 is 1. The molecular weight excluding hydrogens is 264 g/mol. The van der Waals surface area contributed by atoms with E-state index in [1.165, 1.54) is 13.2 Å². The van der Waals surface area contributed by atoms with E-state index in [9.17, 15) is 14.9 Å². The van der Waals surface area contributed by atoms with Gasteiger partial charge >= 0.3 is 11.7 Å². The third-order valence-corrected chi connectivity index (χ3v) is 2.81. The number of carbonyl (C=O) groups is 1. The average molecular weight is 282 g/mol. The first-order chi connectivity index (χ1) is 9.49. The Morgan fingerprint density at radius 3 is 2.75 bits per heavy atom. The van der Waals surface area contributed by atoms with Crippen molar-refractivity contribution in [3.8, 4) is 5.75 Å². The maximum Gasteiger partial charge on any atom is 0.322 e. The number of benzene rings is 1. The van der Waals surface area contributed by atoms with Gasteiger partial charge in [0.2, 0.25) is 0 Å². The summed E-state index contributed by atoms with van der Waals surface area (Å²) >= 11 is 0. The van der Waals surface area contributed by atoms with Crippen LogP contribution in [0.3, 0.4) is 0 Å². The highest BCUT2D eigenvalue weighted by atomic mass is 16.6.